The Morgan fingerprint density at radius 1 is 1.42 bits per heavy atom. The first-order chi connectivity index (χ1) is 8.89. The van der Waals surface area contributed by atoms with Crippen LogP contribution in [0.25, 0.3) is 0 Å². The molecule has 5 heteroatoms. The van der Waals surface area contributed by atoms with Gasteiger partial charge in [-0.3, -0.25) is 4.79 Å². The van der Waals surface area contributed by atoms with E-state index in [1.807, 2.05) is 24.0 Å². The number of carbonyl (C=O) groups excluding carboxylic acids is 1. The van der Waals surface area contributed by atoms with Crippen LogP contribution in [0.5, 0.6) is 0 Å². The molecule has 104 valence electrons. The summed E-state index contributed by atoms with van der Waals surface area (Å²) in [7, 11) is 0. The van der Waals surface area contributed by atoms with Crippen LogP contribution in [0.3, 0.4) is 0 Å². The topological polar surface area (TPSA) is 40.5 Å². The van der Waals surface area contributed by atoms with E-state index in [0.717, 1.165) is 17.3 Å². The third-order valence-electron chi connectivity index (χ3n) is 3.54. The minimum absolute atomic E-state index is 0.00444. The van der Waals surface area contributed by atoms with Gasteiger partial charge in [0.15, 0.2) is 0 Å². The van der Waals surface area contributed by atoms with Crippen molar-refractivity contribution in [1.82, 2.24) is 4.90 Å². The number of benzene rings is 1. The van der Waals surface area contributed by atoms with Gasteiger partial charge in [0, 0.05) is 22.5 Å². The third-order valence-corrected chi connectivity index (χ3v) is 4.40. The van der Waals surface area contributed by atoms with E-state index >= 15 is 0 Å². The van der Waals surface area contributed by atoms with E-state index in [9.17, 15) is 9.90 Å². The first kappa shape index (κ1) is 14.9. The molecule has 1 amide bonds. The van der Waals surface area contributed by atoms with Crippen LogP contribution in [-0.2, 0) is 0 Å². The Balaban J connectivity index is 2.15. The number of nitrogens with zero attached hydrogens (tertiary/aromatic N) is 1. The summed E-state index contributed by atoms with van der Waals surface area (Å²) >= 11 is 7.72. The van der Waals surface area contributed by atoms with Crippen molar-refractivity contribution in [3.05, 3.63) is 28.2 Å². The van der Waals surface area contributed by atoms with E-state index in [1.165, 1.54) is 0 Å². The van der Waals surface area contributed by atoms with E-state index in [2.05, 4.69) is 28.6 Å². The Labute approximate surface area is 127 Å². The van der Waals surface area contributed by atoms with Gasteiger partial charge in [-0.2, -0.15) is 0 Å². The van der Waals surface area contributed by atoms with Crippen LogP contribution in [-0.4, -0.2) is 34.6 Å². The summed E-state index contributed by atoms with van der Waals surface area (Å²) in [5.74, 6) is -0.00444. The van der Waals surface area contributed by atoms with Crippen molar-refractivity contribution in [2.75, 3.05) is 13.1 Å². The molecular formula is C14H18BrNO2S. The number of amides is 1. The summed E-state index contributed by atoms with van der Waals surface area (Å²) < 4.78 is 0.910. The van der Waals surface area contributed by atoms with Gasteiger partial charge in [-0.25, -0.2) is 0 Å². The fraction of sp³-hybridized carbons (Fsp3) is 0.500. The van der Waals surface area contributed by atoms with Gasteiger partial charge in [0.1, 0.15) is 0 Å². The lowest BCUT2D eigenvalue weighted by atomic mass is 9.98. The Kier molecular flexibility index (Phi) is 4.58. The van der Waals surface area contributed by atoms with E-state index in [4.69, 9.17) is 0 Å². The highest BCUT2D eigenvalue weighted by atomic mass is 79.9. The molecule has 0 aromatic heterocycles. The van der Waals surface area contributed by atoms with Crippen LogP contribution >= 0.6 is 28.6 Å². The summed E-state index contributed by atoms with van der Waals surface area (Å²) in [4.78, 5) is 15.0. The van der Waals surface area contributed by atoms with Crippen molar-refractivity contribution in [1.29, 1.82) is 0 Å². The second kappa shape index (κ2) is 5.85. The molecule has 0 spiro atoms. The third kappa shape index (κ3) is 3.74. The average Bonchev–Trinajstić information content (AvgIpc) is 2.49. The van der Waals surface area contributed by atoms with Gasteiger partial charge in [-0.1, -0.05) is 15.9 Å². The molecule has 3 nitrogen and oxygen atoms in total. The van der Waals surface area contributed by atoms with Crippen molar-refractivity contribution in [2.24, 2.45) is 0 Å². The standard InChI is InChI=1S/C14H18BrNO2S/c1-14(18)5-2-7-16(8-6-14)13(17)11-4-3-10(15)9-12(11)19/h3-4,9,18-19H,2,5-8H2,1H3. The molecule has 1 heterocycles. The summed E-state index contributed by atoms with van der Waals surface area (Å²) in [5, 5.41) is 10.1. The molecule has 1 aliphatic heterocycles. The number of carbonyl (C=O) groups is 1. The molecule has 1 atom stereocenters. The average molecular weight is 344 g/mol. The lowest BCUT2D eigenvalue weighted by Gasteiger charge is -2.23. The van der Waals surface area contributed by atoms with Crippen LogP contribution in [0, 0.1) is 0 Å². The zero-order valence-corrected chi connectivity index (χ0v) is 13.4. The summed E-state index contributed by atoms with van der Waals surface area (Å²) in [6.07, 6.45) is 2.19. The molecule has 1 N–H and O–H groups in total. The molecule has 1 fully saturated rings. The molecule has 19 heavy (non-hydrogen) atoms. The minimum Gasteiger partial charge on any atom is -0.390 e. The Morgan fingerprint density at radius 2 is 2.16 bits per heavy atom. The largest absolute Gasteiger partial charge is 0.390 e. The van der Waals surface area contributed by atoms with Crippen LogP contribution in [0.1, 0.15) is 36.5 Å². The maximum Gasteiger partial charge on any atom is 0.254 e. The maximum absolute atomic E-state index is 12.5. The highest BCUT2D eigenvalue weighted by Crippen LogP contribution is 2.25. The zero-order valence-electron chi connectivity index (χ0n) is 10.9. The minimum atomic E-state index is -0.654. The molecule has 1 aromatic carbocycles. The predicted octanol–water partition coefficient (Wildman–Crippen LogP) is 3.11. The molecule has 2 rings (SSSR count). The first-order valence-corrected chi connectivity index (χ1v) is 7.63. The van der Waals surface area contributed by atoms with Crippen LogP contribution < -0.4 is 0 Å². The fourth-order valence-electron chi connectivity index (χ4n) is 2.32. The second-order valence-electron chi connectivity index (χ2n) is 5.30. The SMILES string of the molecule is CC1(O)CCCN(C(=O)c2ccc(Br)cc2S)CC1. The molecular weight excluding hydrogens is 326 g/mol. The Bertz CT molecular complexity index is 490. The van der Waals surface area contributed by atoms with Crippen LogP contribution in [0.15, 0.2) is 27.6 Å². The molecule has 1 aromatic rings. The predicted molar refractivity (Wildman–Crippen MR) is 81.8 cm³/mol. The molecule has 1 aliphatic rings. The summed E-state index contributed by atoms with van der Waals surface area (Å²) in [6.45, 7) is 3.12. The highest BCUT2D eigenvalue weighted by Gasteiger charge is 2.27. The summed E-state index contributed by atoms with van der Waals surface area (Å²) in [6, 6.07) is 5.46. The van der Waals surface area contributed by atoms with Crippen LogP contribution in [0.4, 0.5) is 0 Å². The van der Waals surface area contributed by atoms with Gasteiger partial charge in [0.05, 0.1) is 11.2 Å². The number of likely N-dealkylation sites (tertiary alicyclic amines) is 1. The number of hydrogen-bond donors (Lipinski definition) is 2. The Hall–Kier alpha value is -0.520. The Morgan fingerprint density at radius 3 is 2.84 bits per heavy atom. The van der Waals surface area contributed by atoms with Gasteiger partial charge < -0.3 is 10.0 Å². The first-order valence-electron chi connectivity index (χ1n) is 6.39. The van der Waals surface area contributed by atoms with E-state index in [0.29, 0.717) is 30.0 Å². The quantitative estimate of drug-likeness (QED) is 0.769. The number of hydrogen-bond acceptors (Lipinski definition) is 3. The number of rotatable bonds is 1. The fourth-order valence-corrected chi connectivity index (χ4v) is 3.17. The maximum atomic E-state index is 12.5. The van der Waals surface area contributed by atoms with Crippen molar-refractivity contribution < 1.29 is 9.90 Å². The molecule has 0 bridgehead atoms. The molecule has 1 saturated heterocycles. The summed E-state index contributed by atoms with van der Waals surface area (Å²) in [5.41, 5.74) is -0.0356. The van der Waals surface area contributed by atoms with Crippen molar-refractivity contribution >= 4 is 34.5 Å². The van der Waals surface area contributed by atoms with Gasteiger partial charge in [-0.15, -0.1) is 12.6 Å². The molecule has 0 saturated carbocycles. The molecule has 0 aliphatic carbocycles. The smallest absolute Gasteiger partial charge is 0.254 e. The van der Waals surface area contributed by atoms with Crippen LogP contribution in [0.2, 0.25) is 0 Å². The normalized spacial score (nSPS) is 24.1. The highest BCUT2D eigenvalue weighted by molar-refractivity contribution is 9.10. The van der Waals surface area contributed by atoms with Gasteiger partial charge >= 0.3 is 0 Å². The number of aliphatic hydroxyl groups is 1. The lowest BCUT2D eigenvalue weighted by molar-refractivity contribution is 0.0437. The monoisotopic (exact) mass is 343 g/mol. The van der Waals surface area contributed by atoms with Gasteiger partial charge in [0.2, 0.25) is 0 Å². The number of halogens is 1. The molecule has 0 radical (unpaired) electrons. The van der Waals surface area contributed by atoms with Gasteiger partial charge in [-0.05, 0) is 44.4 Å². The van der Waals surface area contributed by atoms with Crippen molar-refractivity contribution in [3.8, 4) is 0 Å². The zero-order chi connectivity index (χ0) is 14.0. The second-order valence-corrected chi connectivity index (χ2v) is 6.70. The lowest BCUT2D eigenvalue weighted by Crippen LogP contribution is -2.33. The van der Waals surface area contributed by atoms with E-state index < -0.39 is 5.60 Å². The van der Waals surface area contributed by atoms with Crippen molar-refractivity contribution in [2.45, 2.75) is 36.7 Å². The van der Waals surface area contributed by atoms with E-state index in [-0.39, 0.29) is 5.91 Å². The molecule has 1 unspecified atom stereocenters. The van der Waals surface area contributed by atoms with E-state index in [1.54, 1.807) is 6.07 Å². The number of thiol groups is 1. The van der Waals surface area contributed by atoms with Crippen molar-refractivity contribution in [3.63, 3.8) is 0 Å². The van der Waals surface area contributed by atoms with Gasteiger partial charge in [0.25, 0.3) is 5.91 Å².